The SMILES string of the molecule is Cn1nc(C(C)(C)C)cc1C(=O)N1CCC[C@H](c2ccnc3nc(C(F)(F)F)nn23)C1. The minimum Gasteiger partial charge on any atom is -0.337 e. The summed E-state index contributed by atoms with van der Waals surface area (Å²) in [5.41, 5.74) is 1.69. The molecular weight excluding hydrogens is 411 g/mol. The van der Waals surface area contributed by atoms with Gasteiger partial charge in [0.15, 0.2) is 0 Å². The maximum Gasteiger partial charge on any atom is 0.453 e. The fourth-order valence-corrected chi connectivity index (χ4v) is 3.84. The van der Waals surface area contributed by atoms with Crippen LogP contribution in [-0.2, 0) is 18.6 Å². The van der Waals surface area contributed by atoms with Crippen molar-refractivity contribution in [3.8, 4) is 0 Å². The average Bonchev–Trinajstić information content (AvgIpc) is 3.30. The Balaban J connectivity index is 1.62. The standard InChI is InChI=1S/C20H24F3N7O/c1-19(2,3)15-10-14(28(4)26-15)16(31)29-9-5-6-12(11-29)13-7-8-24-18-25-17(20(21,22)23)27-30(13)18/h7-8,10,12H,5-6,9,11H2,1-4H3/t12-/m0/s1. The van der Waals surface area contributed by atoms with Gasteiger partial charge in [-0.05, 0) is 25.0 Å². The third kappa shape index (κ3) is 4.00. The molecule has 0 unspecified atom stereocenters. The van der Waals surface area contributed by atoms with Gasteiger partial charge in [-0.2, -0.15) is 23.3 Å². The number of carbonyl (C=O) groups excluding carboxylic acids is 1. The molecule has 1 fully saturated rings. The van der Waals surface area contributed by atoms with E-state index in [0.717, 1.165) is 23.1 Å². The number of aromatic nitrogens is 6. The molecule has 1 atom stereocenters. The molecule has 1 amide bonds. The minimum absolute atomic E-state index is 0.102. The topological polar surface area (TPSA) is 81.2 Å². The van der Waals surface area contributed by atoms with Gasteiger partial charge in [0.05, 0.1) is 11.4 Å². The number of carbonyl (C=O) groups is 1. The Kier molecular flexibility index (Phi) is 5.01. The van der Waals surface area contributed by atoms with Crippen LogP contribution in [-0.4, -0.2) is 53.3 Å². The van der Waals surface area contributed by atoms with Gasteiger partial charge in [-0.15, -0.1) is 5.10 Å². The molecule has 3 aromatic heterocycles. The first-order valence-electron chi connectivity index (χ1n) is 10.1. The molecule has 3 aromatic rings. The van der Waals surface area contributed by atoms with Gasteiger partial charge in [-0.1, -0.05) is 20.8 Å². The Hall–Kier alpha value is -2.98. The van der Waals surface area contributed by atoms with Crippen LogP contribution < -0.4 is 0 Å². The number of fused-ring (bicyclic) bond motifs is 1. The molecule has 0 spiro atoms. The Labute approximate surface area is 177 Å². The molecule has 31 heavy (non-hydrogen) atoms. The van der Waals surface area contributed by atoms with E-state index in [-0.39, 0.29) is 23.0 Å². The van der Waals surface area contributed by atoms with Crippen LogP contribution in [0.15, 0.2) is 18.3 Å². The number of alkyl halides is 3. The maximum absolute atomic E-state index is 13.2. The number of amides is 1. The van der Waals surface area contributed by atoms with E-state index in [1.165, 1.54) is 6.20 Å². The van der Waals surface area contributed by atoms with Gasteiger partial charge in [0.25, 0.3) is 17.5 Å². The van der Waals surface area contributed by atoms with Crippen molar-refractivity contribution < 1.29 is 18.0 Å². The van der Waals surface area contributed by atoms with Gasteiger partial charge in [0.2, 0.25) is 0 Å². The number of likely N-dealkylation sites (tertiary alicyclic amines) is 1. The largest absolute Gasteiger partial charge is 0.453 e. The summed E-state index contributed by atoms with van der Waals surface area (Å²) in [5, 5.41) is 8.11. The molecule has 1 aliphatic heterocycles. The average molecular weight is 435 g/mol. The lowest BCUT2D eigenvalue weighted by Crippen LogP contribution is -2.40. The van der Waals surface area contributed by atoms with Crippen molar-refractivity contribution in [1.82, 2.24) is 34.3 Å². The third-order valence-corrected chi connectivity index (χ3v) is 5.52. The van der Waals surface area contributed by atoms with E-state index >= 15 is 0 Å². The van der Waals surface area contributed by atoms with E-state index in [1.54, 1.807) is 22.7 Å². The lowest BCUT2D eigenvalue weighted by molar-refractivity contribution is -0.144. The quantitative estimate of drug-likeness (QED) is 0.618. The highest BCUT2D eigenvalue weighted by Crippen LogP contribution is 2.30. The van der Waals surface area contributed by atoms with Gasteiger partial charge >= 0.3 is 6.18 Å². The molecule has 0 N–H and O–H groups in total. The molecule has 0 saturated carbocycles. The monoisotopic (exact) mass is 435 g/mol. The van der Waals surface area contributed by atoms with Crippen molar-refractivity contribution in [1.29, 1.82) is 0 Å². The fraction of sp³-hybridized carbons (Fsp3) is 0.550. The molecule has 0 aliphatic carbocycles. The van der Waals surface area contributed by atoms with Crippen LogP contribution in [0.1, 0.15) is 67.2 Å². The molecule has 4 heterocycles. The highest BCUT2D eigenvalue weighted by Gasteiger charge is 2.37. The van der Waals surface area contributed by atoms with E-state index in [0.29, 0.717) is 24.5 Å². The second-order valence-corrected chi connectivity index (χ2v) is 8.89. The van der Waals surface area contributed by atoms with Crippen molar-refractivity contribution in [3.63, 3.8) is 0 Å². The summed E-state index contributed by atoms with van der Waals surface area (Å²) < 4.78 is 41.9. The van der Waals surface area contributed by atoms with E-state index < -0.39 is 12.0 Å². The van der Waals surface area contributed by atoms with Gasteiger partial charge < -0.3 is 4.90 Å². The van der Waals surface area contributed by atoms with Crippen molar-refractivity contribution in [2.24, 2.45) is 7.05 Å². The van der Waals surface area contributed by atoms with Gasteiger partial charge in [-0.25, -0.2) is 9.50 Å². The van der Waals surface area contributed by atoms with E-state index in [9.17, 15) is 18.0 Å². The maximum atomic E-state index is 13.2. The van der Waals surface area contributed by atoms with Crippen LogP contribution in [0.2, 0.25) is 0 Å². The molecule has 1 aliphatic rings. The summed E-state index contributed by atoms with van der Waals surface area (Å²) in [4.78, 5) is 22.3. The summed E-state index contributed by atoms with van der Waals surface area (Å²) in [6.45, 7) is 7.04. The third-order valence-electron chi connectivity index (χ3n) is 5.52. The number of nitrogens with zero attached hydrogens (tertiary/aromatic N) is 7. The number of hydrogen-bond donors (Lipinski definition) is 0. The molecular formula is C20H24F3N7O. The second-order valence-electron chi connectivity index (χ2n) is 8.89. The zero-order valence-electron chi connectivity index (χ0n) is 17.8. The van der Waals surface area contributed by atoms with Crippen molar-refractivity contribution in [3.05, 3.63) is 41.2 Å². The molecule has 8 nitrogen and oxygen atoms in total. The Morgan fingerprint density at radius 1 is 1.19 bits per heavy atom. The number of halogens is 3. The summed E-state index contributed by atoms with van der Waals surface area (Å²) in [7, 11) is 1.74. The van der Waals surface area contributed by atoms with Crippen LogP contribution in [0.3, 0.4) is 0 Å². The molecule has 0 aromatic carbocycles. The summed E-state index contributed by atoms with van der Waals surface area (Å²) in [6, 6.07) is 3.45. The minimum atomic E-state index is -4.65. The first-order chi connectivity index (χ1) is 14.4. The molecule has 166 valence electrons. The van der Waals surface area contributed by atoms with Crippen molar-refractivity contribution in [2.45, 2.75) is 51.1 Å². The molecule has 11 heteroatoms. The van der Waals surface area contributed by atoms with Crippen LogP contribution in [0.25, 0.3) is 5.78 Å². The van der Waals surface area contributed by atoms with Crippen LogP contribution >= 0.6 is 0 Å². The summed E-state index contributed by atoms with van der Waals surface area (Å²) >= 11 is 0. The number of rotatable bonds is 2. The molecule has 0 radical (unpaired) electrons. The van der Waals surface area contributed by atoms with Crippen LogP contribution in [0, 0.1) is 0 Å². The van der Waals surface area contributed by atoms with E-state index in [2.05, 4.69) is 20.2 Å². The Bertz CT molecular complexity index is 1130. The molecule has 4 rings (SSSR count). The van der Waals surface area contributed by atoms with Crippen molar-refractivity contribution >= 4 is 11.7 Å². The summed E-state index contributed by atoms with van der Waals surface area (Å²) in [6.07, 6.45) is -1.77. The Morgan fingerprint density at radius 3 is 2.58 bits per heavy atom. The van der Waals surface area contributed by atoms with Crippen LogP contribution in [0.4, 0.5) is 13.2 Å². The predicted octanol–water partition coefficient (Wildman–Crippen LogP) is 3.19. The second kappa shape index (κ2) is 7.31. The number of aryl methyl sites for hydroxylation is 1. The summed E-state index contributed by atoms with van der Waals surface area (Å²) in [5.74, 6) is -1.65. The first-order valence-corrected chi connectivity index (χ1v) is 10.1. The van der Waals surface area contributed by atoms with Crippen molar-refractivity contribution in [2.75, 3.05) is 13.1 Å². The van der Waals surface area contributed by atoms with Gasteiger partial charge in [0.1, 0.15) is 5.69 Å². The predicted molar refractivity (Wildman–Crippen MR) is 106 cm³/mol. The smallest absolute Gasteiger partial charge is 0.337 e. The van der Waals surface area contributed by atoms with Gasteiger partial charge in [-0.3, -0.25) is 9.48 Å². The lowest BCUT2D eigenvalue weighted by atomic mass is 9.92. The van der Waals surface area contributed by atoms with E-state index in [4.69, 9.17) is 0 Å². The normalized spacial score (nSPS) is 18.0. The number of piperidine rings is 1. The fourth-order valence-electron chi connectivity index (χ4n) is 3.84. The lowest BCUT2D eigenvalue weighted by Gasteiger charge is -2.32. The van der Waals surface area contributed by atoms with Crippen LogP contribution in [0.5, 0.6) is 0 Å². The first kappa shape index (κ1) is 21.3. The zero-order valence-corrected chi connectivity index (χ0v) is 17.8. The molecule has 0 bridgehead atoms. The zero-order chi connectivity index (χ0) is 22.6. The van der Waals surface area contributed by atoms with E-state index in [1.807, 2.05) is 26.8 Å². The van der Waals surface area contributed by atoms with Gasteiger partial charge in [0, 0.05) is 37.7 Å². The Morgan fingerprint density at radius 2 is 1.94 bits per heavy atom. The highest BCUT2D eigenvalue weighted by molar-refractivity contribution is 5.92. The number of hydrogen-bond acceptors (Lipinski definition) is 5. The molecule has 1 saturated heterocycles. The highest BCUT2D eigenvalue weighted by atomic mass is 19.4.